The van der Waals surface area contributed by atoms with E-state index >= 15 is 0 Å². The number of nitrogens with two attached hydrogens (primary N) is 1. The van der Waals surface area contributed by atoms with Gasteiger partial charge in [0.1, 0.15) is 0 Å². The topological polar surface area (TPSA) is 80.5 Å². The van der Waals surface area contributed by atoms with Crippen LogP contribution >= 0.6 is 0 Å². The number of carbonyl (C=O) groups excluding carboxylic acids is 1. The lowest BCUT2D eigenvalue weighted by molar-refractivity contribution is 0.0776. The molecule has 1 saturated heterocycles. The Morgan fingerprint density at radius 2 is 2.56 bits per heavy atom. The maximum absolute atomic E-state index is 12.3. The largest absolute Gasteiger partial charge is 0.384 e. The summed E-state index contributed by atoms with van der Waals surface area (Å²) in [5.41, 5.74) is 3.62. The number of aromatic nitrogens is 1. The van der Waals surface area contributed by atoms with E-state index in [1.54, 1.807) is 25.6 Å². The van der Waals surface area contributed by atoms with Crippen LogP contribution in [-0.4, -0.2) is 42.6 Å². The predicted octanol–water partition coefficient (Wildman–Crippen LogP) is 0.476. The number of nitrogens with zero attached hydrogens (tertiary/aromatic N) is 2. The van der Waals surface area contributed by atoms with Crippen molar-refractivity contribution in [1.82, 2.24) is 9.88 Å². The highest BCUT2D eigenvalue weighted by Gasteiger charge is 2.27. The van der Waals surface area contributed by atoms with Crippen LogP contribution in [0.15, 0.2) is 18.5 Å². The monoisotopic (exact) mass is 250 g/mol. The minimum Gasteiger partial charge on any atom is -0.384 e. The van der Waals surface area contributed by atoms with E-state index in [4.69, 9.17) is 10.6 Å². The number of rotatable bonds is 4. The second-order valence-electron chi connectivity index (χ2n) is 4.43. The fraction of sp³-hybridized carbons (Fsp3) is 0.500. The Bertz CT molecular complexity index is 424. The fourth-order valence-corrected chi connectivity index (χ4v) is 2.26. The van der Waals surface area contributed by atoms with Crippen LogP contribution in [0.25, 0.3) is 0 Å². The van der Waals surface area contributed by atoms with Gasteiger partial charge in [0, 0.05) is 32.3 Å². The van der Waals surface area contributed by atoms with Gasteiger partial charge in [-0.05, 0) is 12.5 Å². The molecule has 1 amide bonds. The Balaban J connectivity index is 2.08. The Morgan fingerprint density at radius 3 is 3.28 bits per heavy atom. The molecule has 2 heterocycles. The van der Waals surface area contributed by atoms with Crippen LogP contribution in [0.2, 0.25) is 0 Å². The SMILES string of the molecule is COCC1CCN(C(=O)c2ccncc2NN)C1. The molecule has 18 heavy (non-hydrogen) atoms. The number of hydrazine groups is 1. The summed E-state index contributed by atoms with van der Waals surface area (Å²) in [5, 5.41) is 0. The summed E-state index contributed by atoms with van der Waals surface area (Å²) >= 11 is 0. The van der Waals surface area contributed by atoms with Gasteiger partial charge in [-0.25, -0.2) is 0 Å². The fourth-order valence-electron chi connectivity index (χ4n) is 2.26. The van der Waals surface area contributed by atoms with Gasteiger partial charge in [0.15, 0.2) is 0 Å². The molecule has 1 unspecified atom stereocenters. The summed E-state index contributed by atoms with van der Waals surface area (Å²) in [4.78, 5) is 18.1. The summed E-state index contributed by atoms with van der Waals surface area (Å²) < 4.78 is 5.12. The number of methoxy groups -OCH3 is 1. The average molecular weight is 250 g/mol. The van der Waals surface area contributed by atoms with Gasteiger partial charge in [0.05, 0.1) is 24.1 Å². The molecule has 0 aliphatic carbocycles. The maximum atomic E-state index is 12.3. The lowest BCUT2D eigenvalue weighted by atomic mass is 10.1. The minimum atomic E-state index is -0.0102. The lowest BCUT2D eigenvalue weighted by Crippen LogP contribution is -2.30. The first kappa shape index (κ1) is 12.8. The van der Waals surface area contributed by atoms with Gasteiger partial charge in [-0.2, -0.15) is 0 Å². The number of nitrogens with one attached hydrogen (secondary N) is 1. The average Bonchev–Trinajstić information content (AvgIpc) is 2.87. The molecule has 1 fully saturated rings. The van der Waals surface area contributed by atoms with Gasteiger partial charge < -0.3 is 15.1 Å². The van der Waals surface area contributed by atoms with E-state index in [1.807, 2.05) is 4.90 Å². The highest BCUT2D eigenvalue weighted by Crippen LogP contribution is 2.21. The van der Waals surface area contributed by atoms with Crippen molar-refractivity contribution in [3.05, 3.63) is 24.0 Å². The van der Waals surface area contributed by atoms with E-state index in [-0.39, 0.29) is 5.91 Å². The molecule has 1 atom stereocenters. The minimum absolute atomic E-state index is 0.0102. The number of likely N-dealkylation sites (tertiary alicyclic amines) is 1. The van der Waals surface area contributed by atoms with Crippen LogP contribution in [-0.2, 0) is 4.74 Å². The molecular weight excluding hydrogens is 232 g/mol. The second kappa shape index (κ2) is 5.79. The standard InChI is InChI=1S/C12H18N4O2/c1-18-8-9-3-5-16(7-9)12(17)10-2-4-14-6-11(10)15-13/h2,4,6,9,15H,3,5,7-8,13H2,1H3. The van der Waals surface area contributed by atoms with Gasteiger partial charge in [-0.3, -0.25) is 15.6 Å². The van der Waals surface area contributed by atoms with Gasteiger partial charge in [0.2, 0.25) is 0 Å². The summed E-state index contributed by atoms with van der Waals surface area (Å²) in [7, 11) is 1.68. The second-order valence-corrected chi connectivity index (χ2v) is 4.43. The molecule has 1 aromatic rings. The van der Waals surface area contributed by atoms with Crippen molar-refractivity contribution in [2.75, 3.05) is 32.2 Å². The van der Waals surface area contributed by atoms with E-state index in [0.29, 0.717) is 23.8 Å². The smallest absolute Gasteiger partial charge is 0.256 e. The van der Waals surface area contributed by atoms with Crippen LogP contribution in [0, 0.1) is 5.92 Å². The van der Waals surface area contributed by atoms with Crippen LogP contribution in [0.3, 0.4) is 0 Å². The number of pyridine rings is 1. The lowest BCUT2D eigenvalue weighted by Gasteiger charge is -2.18. The van der Waals surface area contributed by atoms with Crippen molar-refractivity contribution in [1.29, 1.82) is 0 Å². The molecule has 3 N–H and O–H groups in total. The Kier molecular flexibility index (Phi) is 4.11. The molecule has 6 heteroatoms. The van der Waals surface area contributed by atoms with Gasteiger partial charge in [0.25, 0.3) is 5.91 Å². The number of anilines is 1. The molecule has 0 aromatic carbocycles. The molecule has 2 rings (SSSR count). The highest BCUT2D eigenvalue weighted by atomic mass is 16.5. The van der Waals surface area contributed by atoms with E-state index in [2.05, 4.69) is 10.4 Å². The quantitative estimate of drug-likeness (QED) is 0.600. The van der Waals surface area contributed by atoms with Gasteiger partial charge in [-0.15, -0.1) is 0 Å². The molecule has 6 nitrogen and oxygen atoms in total. The van der Waals surface area contributed by atoms with Crippen LogP contribution in [0.5, 0.6) is 0 Å². The van der Waals surface area contributed by atoms with E-state index in [1.165, 1.54) is 0 Å². The normalized spacial score (nSPS) is 19.0. The van der Waals surface area contributed by atoms with Crippen LogP contribution in [0.1, 0.15) is 16.8 Å². The van der Waals surface area contributed by atoms with Crippen molar-refractivity contribution in [2.24, 2.45) is 11.8 Å². The van der Waals surface area contributed by atoms with Gasteiger partial charge >= 0.3 is 0 Å². The molecule has 1 aliphatic heterocycles. The Morgan fingerprint density at radius 1 is 1.72 bits per heavy atom. The zero-order chi connectivity index (χ0) is 13.0. The number of hydrogen-bond acceptors (Lipinski definition) is 5. The zero-order valence-corrected chi connectivity index (χ0v) is 10.4. The summed E-state index contributed by atoms with van der Waals surface area (Å²) in [6.07, 6.45) is 4.13. The van der Waals surface area contributed by atoms with E-state index in [0.717, 1.165) is 19.5 Å². The third-order valence-corrected chi connectivity index (χ3v) is 3.18. The molecule has 0 bridgehead atoms. The first-order valence-electron chi connectivity index (χ1n) is 5.95. The molecule has 0 saturated carbocycles. The molecule has 0 spiro atoms. The molecule has 1 aliphatic rings. The number of nitrogen functional groups attached to an aromatic ring is 1. The molecular formula is C12H18N4O2. The summed E-state index contributed by atoms with van der Waals surface area (Å²) in [6.45, 7) is 2.19. The van der Waals surface area contributed by atoms with Crippen molar-refractivity contribution in [3.8, 4) is 0 Å². The highest BCUT2D eigenvalue weighted by molar-refractivity contribution is 5.99. The third kappa shape index (κ3) is 2.60. The van der Waals surface area contributed by atoms with Crippen LogP contribution < -0.4 is 11.3 Å². The predicted molar refractivity (Wildman–Crippen MR) is 67.9 cm³/mol. The number of carbonyl (C=O) groups is 1. The Hall–Kier alpha value is -1.66. The van der Waals surface area contributed by atoms with Crippen molar-refractivity contribution >= 4 is 11.6 Å². The summed E-state index contributed by atoms with van der Waals surface area (Å²) in [5.74, 6) is 5.80. The van der Waals surface area contributed by atoms with Crippen molar-refractivity contribution in [3.63, 3.8) is 0 Å². The van der Waals surface area contributed by atoms with Crippen molar-refractivity contribution < 1.29 is 9.53 Å². The first-order chi connectivity index (χ1) is 8.76. The third-order valence-electron chi connectivity index (χ3n) is 3.18. The van der Waals surface area contributed by atoms with Crippen LogP contribution in [0.4, 0.5) is 5.69 Å². The Labute approximate surface area is 106 Å². The maximum Gasteiger partial charge on any atom is 0.256 e. The van der Waals surface area contributed by atoms with Gasteiger partial charge in [-0.1, -0.05) is 0 Å². The molecule has 1 aromatic heterocycles. The van der Waals surface area contributed by atoms with Crippen molar-refractivity contribution in [2.45, 2.75) is 6.42 Å². The first-order valence-corrected chi connectivity index (χ1v) is 5.95. The van der Waals surface area contributed by atoms with E-state index in [9.17, 15) is 4.79 Å². The molecule has 0 radical (unpaired) electrons. The molecule has 98 valence electrons. The number of ether oxygens (including phenoxy) is 1. The number of amides is 1. The zero-order valence-electron chi connectivity index (χ0n) is 10.4. The van der Waals surface area contributed by atoms with E-state index < -0.39 is 0 Å². The summed E-state index contributed by atoms with van der Waals surface area (Å²) in [6, 6.07) is 1.68. The number of hydrogen-bond donors (Lipinski definition) is 2.